The van der Waals surface area contributed by atoms with Gasteiger partial charge in [0.1, 0.15) is 5.75 Å². The molecule has 0 spiro atoms. The van der Waals surface area contributed by atoms with Gasteiger partial charge in [-0.15, -0.1) is 0 Å². The summed E-state index contributed by atoms with van der Waals surface area (Å²) < 4.78 is 5.25. The second-order valence-electron chi connectivity index (χ2n) is 3.34. The van der Waals surface area contributed by atoms with Crippen molar-refractivity contribution in [2.24, 2.45) is 0 Å². The lowest BCUT2D eigenvalue weighted by molar-refractivity contribution is 0.122. The van der Waals surface area contributed by atoms with Gasteiger partial charge in [-0.1, -0.05) is 13.8 Å². The average Bonchev–Trinajstić information content (AvgIpc) is 2.36. The van der Waals surface area contributed by atoms with Gasteiger partial charge in [-0.3, -0.25) is 0 Å². The molecular formula is C12H20N2O2. The van der Waals surface area contributed by atoms with Gasteiger partial charge in [0.2, 0.25) is 0 Å². The van der Waals surface area contributed by atoms with Crippen LogP contribution in [0.15, 0.2) is 18.2 Å². The molecule has 1 aromatic carbocycles. The molecular weight excluding hydrogens is 204 g/mol. The molecule has 2 rings (SSSR count). The molecule has 0 bridgehead atoms. The molecule has 1 aromatic rings. The SMILES string of the molecule is CC.Nc1ccc(N2CCOCC2)cc1O. The zero-order valence-corrected chi connectivity index (χ0v) is 9.94. The molecule has 0 aromatic heterocycles. The summed E-state index contributed by atoms with van der Waals surface area (Å²) in [5.74, 6) is 0.147. The number of phenolic OH excluding ortho intramolecular Hbond substituents is 1. The molecule has 1 aliphatic rings. The van der Waals surface area contributed by atoms with E-state index in [0.29, 0.717) is 5.69 Å². The summed E-state index contributed by atoms with van der Waals surface area (Å²) in [6.07, 6.45) is 0. The fourth-order valence-electron chi connectivity index (χ4n) is 1.55. The maximum Gasteiger partial charge on any atom is 0.140 e. The van der Waals surface area contributed by atoms with Crippen molar-refractivity contribution >= 4 is 11.4 Å². The van der Waals surface area contributed by atoms with Crippen LogP contribution in [-0.2, 0) is 4.74 Å². The number of rotatable bonds is 1. The highest BCUT2D eigenvalue weighted by molar-refractivity contribution is 5.61. The maximum atomic E-state index is 9.45. The number of morpholine rings is 1. The number of nitrogens with zero attached hydrogens (tertiary/aromatic N) is 1. The molecule has 0 saturated carbocycles. The van der Waals surface area contributed by atoms with Crippen molar-refractivity contribution in [1.29, 1.82) is 0 Å². The molecule has 4 heteroatoms. The molecule has 1 saturated heterocycles. The van der Waals surface area contributed by atoms with Gasteiger partial charge in [0.25, 0.3) is 0 Å². The summed E-state index contributed by atoms with van der Waals surface area (Å²) in [7, 11) is 0. The third-order valence-corrected chi connectivity index (χ3v) is 2.39. The van der Waals surface area contributed by atoms with E-state index >= 15 is 0 Å². The zero-order valence-electron chi connectivity index (χ0n) is 9.94. The van der Waals surface area contributed by atoms with E-state index in [1.807, 2.05) is 19.9 Å². The van der Waals surface area contributed by atoms with Crippen LogP contribution in [0.4, 0.5) is 11.4 Å². The second kappa shape index (κ2) is 6.23. The standard InChI is InChI=1S/C10H14N2O2.C2H6/c11-9-2-1-8(7-10(9)13)12-3-5-14-6-4-12;1-2/h1-2,7,13H,3-6,11H2;1-2H3. The van der Waals surface area contributed by atoms with Gasteiger partial charge in [-0.25, -0.2) is 0 Å². The van der Waals surface area contributed by atoms with Gasteiger partial charge >= 0.3 is 0 Å². The molecule has 3 N–H and O–H groups in total. The molecule has 0 atom stereocenters. The number of benzene rings is 1. The number of nitrogens with two attached hydrogens (primary N) is 1. The summed E-state index contributed by atoms with van der Waals surface area (Å²) in [6.45, 7) is 7.21. The number of hydrogen-bond donors (Lipinski definition) is 2. The van der Waals surface area contributed by atoms with Crippen LogP contribution in [0.3, 0.4) is 0 Å². The van der Waals surface area contributed by atoms with E-state index in [2.05, 4.69) is 4.90 Å². The number of hydrogen-bond acceptors (Lipinski definition) is 4. The van der Waals surface area contributed by atoms with Crippen molar-refractivity contribution in [2.75, 3.05) is 36.9 Å². The Morgan fingerprint density at radius 1 is 1.25 bits per heavy atom. The monoisotopic (exact) mass is 224 g/mol. The van der Waals surface area contributed by atoms with E-state index in [-0.39, 0.29) is 5.75 Å². The summed E-state index contributed by atoms with van der Waals surface area (Å²) in [5.41, 5.74) is 6.94. The molecule has 0 unspecified atom stereocenters. The van der Waals surface area contributed by atoms with Crippen molar-refractivity contribution in [1.82, 2.24) is 0 Å². The van der Waals surface area contributed by atoms with Gasteiger partial charge < -0.3 is 20.5 Å². The predicted molar refractivity (Wildman–Crippen MR) is 66.9 cm³/mol. The Labute approximate surface area is 96.6 Å². The van der Waals surface area contributed by atoms with E-state index in [0.717, 1.165) is 32.0 Å². The summed E-state index contributed by atoms with van der Waals surface area (Å²) in [4.78, 5) is 2.17. The minimum atomic E-state index is 0.147. The van der Waals surface area contributed by atoms with Crippen LogP contribution >= 0.6 is 0 Å². The Hall–Kier alpha value is -1.42. The normalized spacial score (nSPS) is 15.2. The summed E-state index contributed by atoms with van der Waals surface area (Å²) >= 11 is 0. The van der Waals surface area contributed by atoms with E-state index < -0.39 is 0 Å². The number of aromatic hydroxyl groups is 1. The van der Waals surface area contributed by atoms with Crippen LogP contribution in [0, 0.1) is 0 Å². The first kappa shape index (κ1) is 12.6. The lowest BCUT2D eigenvalue weighted by Gasteiger charge is -2.28. The largest absolute Gasteiger partial charge is 0.506 e. The quantitative estimate of drug-likeness (QED) is 0.564. The zero-order chi connectivity index (χ0) is 12.0. The fourth-order valence-corrected chi connectivity index (χ4v) is 1.55. The fraction of sp³-hybridized carbons (Fsp3) is 0.500. The van der Waals surface area contributed by atoms with Crippen molar-refractivity contribution < 1.29 is 9.84 Å². The smallest absolute Gasteiger partial charge is 0.140 e. The Balaban J connectivity index is 0.000000606. The molecule has 1 heterocycles. The molecule has 1 fully saturated rings. The van der Waals surface area contributed by atoms with Crippen molar-refractivity contribution in [3.63, 3.8) is 0 Å². The van der Waals surface area contributed by atoms with Gasteiger partial charge in [0.15, 0.2) is 0 Å². The first-order valence-electron chi connectivity index (χ1n) is 5.68. The third kappa shape index (κ3) is 3.03. The number of anilines is 2. The van der Waals surface area contributed by atoms with Crippen LogP contribution in [0.2, 0.25) is 0 Å². The van der Waals surface area contributed by atoms with E-state index in [9.17, 15) is 5.11 Å². The number of nitrogen functional groups attached to an aromatic ring is 1. The van der Waals surface area contributed by atoms with Crippen LogP contribution in [0.5, 0.6) is 5.75 Å². The van der Waals surface area contributed by atoms with Crippen molar-refractivity contribution in [2.45, 2.75) is 13.8 Å². The first-order valence-corrected chi connectivity index (χ1v) is 5.68. The highest BCUT2D eigenvalue weighted by Gasteiger charge is 2.11. The van der Waals surface area contributed by atoms with Crippen LogP contribution in [0.25, 0.3) is 0 Å². The lowest BCUT2D eigenvalue weighted by Crippen LogP contribution is -2.36. The van der Waals surface area contributed by atoms with Crippen LogP contribution in [-0.4, -0.2) is 31.4 Å². The highest BCUT2D eigenvalue weighted by Crippen LogP contribution is 2.26. The Morgan fingerprint density at radius 3 is 2.44 bits per heavy atom. The third-order valence-electron chi connectivity index (χ3n) is 2.39. The number of ether oxygens (including phenoxy) is 1. The molecule has 0 aliphatic carbocycles. The van der Waals surface area contributed by atoms with Crippen LogP contribution in [0.1, 0.15) is 13.8 Å². The van der Waals surface area contributed by atoms with Gasteiger partial charge in [-0.05, 0) is 12.1 Å². The molecule has 0 amide bonds. The van der Waals surface area contributed by atoms with Crippen LogP contribution < -0.4 is 10.6 Å². The highest BCUT2D eigenvalue weighted by atomic mass is 16.5. The van der Waals surface area contributed by atoms with E-state index in [1.165, 1.54) is 0 Å². The molecule has 16 heavy (non-hydrogen) atoms. The second-order valence-corrected chi connectivity index (χ2v) is 3.34. The number of phenols is 1. The lowest BCUT2D eigenvalue weighted by atomic mass is 10.2. The molecule has 4 nitrogen and oxygen atoms in total. The summed E-state index contributed by atoms with van der Waals surface area (Å²) in [6, 6.07) is 5.33. The van der Waals surface area contributed by atoms with Gasteiger partial charge in [-0.2, -0.15) is 0 Å². The maximum absolute atomic E-state index is 9.45. The summed E-state index contributed by atoms with van der Waals surface area (Å²) in [5, 5.41) is 9.45. The molecule has 0 radical (unpaired) electrons. The Kier molecular flexibility index (Phi) is 4.92. The Bertz CT molecular complexity index is 323. The van der Waals surface area contributed by atoms with E-state index in [1.54, 1.807) is 12.1 Å². The van der Waals surface area contributed by atoms with Gasteiger partial charge in [0.05, 0.1) is 18.9 Å². The molecule has 90 valence electrons. The van der Waals surface area contributed by atoms with Crippen molar-refractivity contribution in [3.8, 4) is 5.75 Å². The van der Waals surface area contributed by atoms with Crippen molar-refractivity contribution in [3.05, 3.63) is 18.2 Å². The topological polar surface area (TPSA) is 58.7 Å². The van der Waals surface area contributed by atoms with E-state index in [4.69, 9.17) is 10.5 Å². The minimum Gasteiger partial charge on any atom is -0.506 e. The minimum absolute atomic E-state index is 0.147. The predicted octanol–water partition coefficient (Wildman–Crippen LogP) is 1.84. The first-order chi connectivity index (χ1) is 7.77. The Morgan fingerprint density at radius 2 is 1.88 bits per heavy atom. The molecule has 1 aliphatic heterocycles. The van der Waals surface area contributed by atoms with Gasteiger partial charge in [0, 0.05) is 24.8 Å². The average molecular weight is 224 g/mol.